The number of nitrogens with zero attached hydrogens (tertiary/aromatic N) is 2. The molecule has 1 aliphatic carbocycles. The van der Waals surface area contributed by atoms with Gasteiger partial charge in [0, 0.05) is 36.9 Å². The van der Waals surface area contributed by atoms with Crippen LogP contribution >= 0.6 is 0 Å². The van der Waals surface area contributed by atoms with Gasteiger partial charge in [-0.15, -0.1) is 0 Å². The van der Waals surface area contributed by atoms with Crippen molar-refractivity contribution < 1.29 is 19.4 Å². The second-order valence-corrected chi connectivity index (χ2v) is 7.59. The second kappa shape index (κ2) is 7.75. The van der Waals surface area contributed by atoms with Crippen molar-refractivity contribution in [2.24, 2.45) is 11.8 Å². The molecule has 1 fully saturated rings. The van der Waals surface area contributed by atoms with Crippen LogP contribution in [0.5, 0.6) is 0 Å². The number of carbonyl (C=O) groups is 2. The largest absolute Gasteiger partial charge is 0.463 e. The number of carbonyl (C=O) groups excluding carboxylic acids is 2. The van der Waals surface area contributed by atoms with Crippen molar-refractivity contribution in [2.45, 2.75) is 32.4 Å². The van der Waals surface area contributed by atoms with Gasteiger partial charge in [-0.05, 0) is 55.4 Å². The maximum absolute atomic E-state index is 12.6. The van der Waals surface area contributed by atoms with Crippen molar-refractivity contribution in [2.75, 3.05) is 25.0 Å². The minimum atomic E-state index is -0.545. The predicted octanol–water partition coefficient (Wildman–Crippen LogP) is 1.74. The molecule has 1 saturated heterocycles. The van der Waals surface area contributed by atoms with Crippen LogP contribution in [0.4, 0.5) is 5.82 Å². The predicted molar refractivity (Wildman–Crippen MR) is 104 cm³/mol. The standard InChI is InChI=1S/C21H25N3O4/c1-2-28-21(27)15-8-16-11-24(12-17(16)9-15)19(26)6-3-13-7-14-4-5-18(25)23-20(14)22-10-13/h3,6-8,10,16-18,25H,2,4-5,9,11-12H2,1H3,(H,22,23)/b6-3+. The molecule has 0 saturated carbocycles. The first-order valence-electron chi connectivity index (χ1n) is 9.82. The monoisotopic (exact) mass is 383 g/mol. The average molecular weight is 383 g/mol. The number of likely N-dealkylation sites (tertiary alicyclic amines) is 1. The lowest BCUT2D eigenvalue weighted by Crippen LogP contribution is -2.27. The fourth-order valence-electron chi connectivity index (χ4n) is 4.20. The summed E-state index contributed by atoms with van der Waals surface area (Å²) in [5.74, 6) is 1.00. The van der Waals surface area contributed by atoms with Crippen molar-refractivity contribution in [3.63, 3.8) is 0 Å². The van der Waals surface area contributed by atoms with E-state index in [-0.39, 0.29) is 17.8 Å². The third kappa shape index (κ3) is 3.80. The first kappa shape index (κ1) is 18.7. The lowest BCUT2D eigenvalue weighted by molar-refractivity contribution is -0.138. The minimum absolute atomic E-state index is 0.0215. The molecular formula is C21H25N3O4. The zero-order valence-electron chi connectivity index (χ0n) is 15.9. The number of esters is 1. The number of pyridine rings is 1. The first-order chi connectivity index (χ1) is 13.5. The SMILES string of the molecule is CCOC(=O)C1=CC2CN(C(=O)/C=C/c3cnc4c(c3)CCC(O)N4)CC2C1. The number of hydrogen-bond acceptors (Lipinski definition) is 6. The summed E-state index contributed by atoms with van der Waals surface area (Å²) in [5, 5.41) is 12.6. The molecule has 0 bridgehead atoms. The molecule has 2 aliphatic heterocycles. The minimum Gasteiger partial charge on any atom is -0.463 e. The molecule has 1 amide bonds. The lowest BCUT2D eigenvalue weighted by atomic mass is 10.00. The van der Waals surface area contributed by atoms with Gasteiger partial charge >= 0.3 is 5.97 Å². The van der Waals surface area contributed by atoms with Crippen LogP contribution < -0.4 is 5.32 Å². The molecular weight excluding hydrogens is 358 g/mol. The normalized spacial score (nSPS) is 25.9. The third-order valence-electron chi connectivity index (χ3n) is 5.63. The number of fused-ring (bicyclic) bond motifs is 2. The number of aliphatic hydroxyl groups excluding tert-OH is 1. The van der Waals surface area contributed by atoms with Crippen molar-refractivity contribution in [1.29, 1.82) is 0 Å². The Balaban J connectivity index is 1.36. The summed E-state index contributed by atoms with van der Waals surface area (Å²) >= 11 is 0. The number of aryl methyl sites for hydroxylation is 1. The van der Waals surface area contributed by atoms with Gasteiger partial charge in [-0.3, -0.25) is 4.79 Å². The summed E-state index contributed by atoms with van der Waals surface area (Å²) in [6.07, 6.45) is 8.60. The van der Waals surface area contributed by atoms with E-state index in [0.29, 0.717) is 44.3 Å². The lowest BCUT2D eigenvalue weighted by Gasteiger charge is -2.22. The molecule has 7 nitrogen and oxygen atoms in total. The van der Waals surface area contributed by atoms with Gasteiger partial charge in [0.15, 0.2) is 0 Å². The topological polar surface area (TPSA) is 91.8 Å². The van der Waals surface area contributed by atoms with Crippen molar-refractivity contribution >= 4 is 23.8 Å². The van der Waals surface area contributed by atoms with Gasteiger partial charge in [-0.2, -0.15) is 0 Å². The summed E-state index contributed by atoms with van der Waals surface area (Å²) in [5.41, 5.74) is 2.67. The summed E-state index contributed by atoms with van der Waals surface area (Å²) < 4.78 is 5.08. The number of rotatable bonds is 4. The first-order valence-corrected chi connectivity index (χ1v) is 9.82. The zero-order valence-corrected chi connectivity index (χ0v) is 15.9. The van der Waals surface area contributed by atoms with E-state index in [0.717, 1.165) is 23.1 Å². The number of aromatic nitrogens is 1. The molecule has 3 aliphatic rings. The molecule has 0 aromatic carbocycles. The van der Waals surface area contributed by atoms with E-state index in [9.17, 15) is 14.7 Å². The smallest absolute Gasteiger partial charge is 0.333 e. The third-order valence-corrected chi connectivity index (χ3v) is 5.63. The Labute approximate surface area is 164 Å². The summed E-state index contributed by atoms with van der Waals surface area (Å²) in [6, 6.07) is 2.00. The van der Waals surface area contributed by atoms with E-state index in [1.807, 2.05) is 17.0 Å². The molecule has 3 heterocycles. The number of aliphatic hydroxyl groups is 1. The quantitative estimate of drug-likeness (QED) is 0.608. The molecule has 3 atom stereocenters. The molecule has 148 valence electrons. The van der Waals surface area contributed by atoms with Crippen LogP contribution in [0.2, 0.25) is 0 Å². The Morgan fingerprint density at radius 2 is 2.29 bits per heavy atom. The maximum Gasteiger partial charge on any atom is 0.333 e. The van der Waals surface area contributed by atoms with E-state index in [4.69, 9.17) is 4.74 Å². The summed E-state index contributed by atoms with van der Waals surface area (Å²) in [4.78, 5) is 30.6. The van der Waals surface area contributed by atoms with Gasteiger partial charge < -0.3 is 20.1 Å². The molecule has 28 heavy (non-hydrogen) atoms. The Morgan fingerprint density at radius 3 is 3.07 bits per heavy atom. The molecule has 2 N–H and O–H groups in total. The van der Waals surface area contributed by atoms with Gasteiger partial charge in [0.25, 0.3) is 0 Å². The fourth-order valence-corrected chi connectivity index (χ4v) is 4.20. The number of nitrogens with one attached hydrogen (secondary N) is 1. The fraction of sp³-hybridized carbons (Fsp3) is 0.476. The molecule has 1 aromatic rings. The van der Waals surface area contributed by atoms with Gasteiger partial charge in [0.05, 0.1) is 6.61 Å². The maximum atomic E-state index is 12.6. The summed E-state index contributed by atoms with van der Waals surface area (Å²) in [7, 11) is 0. The van der Waals surface area contributed by atoms with E-state index in [1.165, 1.54) is 0 Å². The van der Waals surface area contributed by atoms with Crippen LogP contribution in [-0.4, -0.2) is 52.8 Å². The van der Waals surface area contributed by atoms with E-state index in [1.54, 1.807) is 25.3 Å². The Kier molecular flexibility index (Phi) is 5.17. The van der Waals surface area contributed by atoms with Crippen molar-refractivity contribution in [3.05, 3.63) is 41.1 Å². The van der Waals surface area contributed by atoms with Crippen LogP contribution in [0.3, 0.4) is 0 Å². The van der Waals surface area contributed by atoms with Gasteiger partial charge in [0.2, 0.25) is 5.91 Å². The molecule has 0 spiro atoms. The van der Waals surface area contributed by atoms with Crippen LogP contribution in [0.25, 0.3) is 6.08 Å². The highest BCUT2D eigenvalue weighted by molar-refractivity contribution is 5.92. The number of ether oxygens (including phenoxy) is 1. The highest BCUT2D eigenvalue weighted by Gasteiger charge is 2.39. The Hall–Kier alpha value is -2.67. The van der Waals surface area contributed by atoms with Crippen LogP contribution in [0.1, 0.15) is 30.9 Å². The Bertz CT molecular complexity index is 848. The van der Waals surface area contributed by atoms with Crippen LogP contribution in [-0.2, 0) is 20.7 Å². The molecule has 3 unspecified atom stereocenters. The number of hydrogen-bond donors (Lipinski definition) is 2. The molecule has 4 rings (SSSR count). The van der Waals surface area contributed by atoms with Crippen LogP contribution in [0, 0.1) is 11.8 Å². The average Bonchev–Trinajstić information content (AvgIpc) is 3.25. The van der Waals surface area contributed by atoms with Crippen molar-refractivity contribution in [1.82, 2.24) is 9.88 Å². The van der Waals surface area contributed by atoms with E-state index in [2.05, 4.69) is 10.3 Å². The van der Waals surface area contributed by atoms with E-state index >= 15 is 0 Å². The van der Waals surface area contributed by atoms with Gasteiger partial charge in [-0.1, -0.05) is 6.08 Å². The summed E-state index contributed by atoms with van der Waals surface area (Å²) in [6.45, 7) is 3.49. The molecule has 1 aromatic heterocycles. The van der Waals surface area contributed by atoms with E-state index < -0.39 is 6.23 Å². The molecule has 7 heteroatoms. The van der Waals surface area contributed by atoms with Gasteiger partial charge in [-0.25, -0.2) is 9.78 Å². The Morgan fingerprint density at radius 1 is 1.43 bits per heavy atom. The van der Waals surface area contributed by atoms with Crippen LogP contribution in [0.15, 0.2) is 30.0 Å². The number of anilines is 1. The highest BCUT2D eigenvalue weighted by Crippen LogP contribution is 2.37. The van der Waals surface area contributed by atoms with Gasteiger partial charge in [0.1, 0.15) is 12.0 Å². The molecule has 0 radical (unpaired) electrons. The second-order valence-electron chi connectivity index (χ2n) is 7.59. The zero-order chi connectivity index (χ0) is 19.7. The number of amides is 1. The van der Waals surface area contributed by atoms with Crippen molar-refractivity contribution in [3.8, 4) is 0 Å². The highest BCUT2D eigenvalue weighted by atomic mass is 16.5.